The van der Waals surface area contributed by atoms with E-state index in [0.29, 0.717) is 0 Å². The molecule has 1 aromatic carbocycles. The van der Waals surface area contributed by atoms with Crippen molar-refractivity contribution in [1.82, 2.24) is 14.5 Å². The molecule has 0 aliphatic heterocycles. The monoisotopic (exact) mass is 299 g/mol. The van der Waals surface area contributed by atoms with Gasteiger partial charge in [-0.2, -0.15) is 0 Å². The molecule has 0 saturated heterocycles. The van der Waals surface area contributed by atoms with Gasteiger partial charge < -0.3 is 4.57 Å². The standard InChI is InChI=1S/C17H18ClN3/c1-11-6-4-5-7-14(11)10-21-16(13(3)18)20-15-12(2)8-9-19-17(15)21/h4-9,13H,10H2,1-3H3. The molecule has 0 aliphatic rings. The minimum Gasteiger partial charge on any atom is -0.307 e. The highest BCUT2D eigenvalue weighted by atomic mass is 35.5. The lowest BCUT2D eigenvalue weighted by molar-refractivity contribution is 0.733. The number of imidazole rings is 1. The summed E-state index contributed by atoms with van der Waals surface area (Å²) in [6.07, 6.45) is 1.83. The topological polar surface area (TPSA) is 30.7 Å². The fourth-order valence-electron chi connectivity index (χ4n) is 2.57. The van der Waals surface area contributed by atoms with Gasteiger partial charge in [0, 0.05) is 6.20 Å². The van der Waals surface area contributed by atoms with E-state index in [9.17, 15) is 0 Å². The lowest BCUT2D eigenvalue weighted by atomic mass is 10.1. The highest BCUT2D eigenvalue weighted by molar-refractivity contribution is 6.20. The van der Waals surface area contributed by atoms with Gasteiger partial charge in [-0.15, -0.1) is 11.6 Å². The summed E-state index contributed by atoms with van der Waals surface area (Å²) in [5.74, 6) is 0.872. The van der Waals surface area contributed by atoms with E-state index in [4.69, 9.17) is 16.6 Å². The second kappa shape index (κ2) is 5.49. The summed E-state index contributed by atoms with van der Waals surface area (Å²) in [5.41, 5.74) is 5.50. The van der Waals surface area contributed by atoms with Crippen LogP contribution in [-0.4, -0.2) is 14.5 Å². The summed E-state index contributed by atoms with van der Waals surface area (Å²) in [7, 11) is 0. The Morgan fingerprint density at radius 2 is 1.90 bits per heavy atom. The van der Waals surface area contributed by atoms with Gasteiger partial charge in [-0.05, 0) is 43.5 Å². The normalized spacial score (nSPS) is 12.8. The average molecular weight is 300 g/mol. The Kier molecular flexibility index (Phi) is 3.68. The quantitative estimate of drug-likeness (QED) is 0.671. The minimum absolute atomic E-state index is 0.150. The van der Waals surface area contributed by atoms with E-state index in [1.807, 2.05) is 19.2 Å². The summed E-state index contributed by atoms with van der Waals surface area (Å²) in [6, 6.07) is 10.4. The molecule has 0 radical (unpaired) electrons. The molecule has 21 heavy (non-hydrogen) atoms. The number of rotatable bonds is 3. The smallest absolute Gasteiger partial charge is 0.160 e. The van der Waals surface area contributed by atoms with Crippen LogP contribution in [0.4, 0.5) is 0 Å². The molecule has 4 heteroatoms. The van der Waals surface area contributed by atoms with Crippen molar-refractivity contribution in [1.29, 1.82) is 0 Å². The van der Waals surface area contributed by atoms with E-state index in [1.54, 1.807) is 0 Å². The summed E-state index contributed by atoms with van der Waals surface area (Å²) in [6.45, 7) is 6.87. The number of benzene rings is 1. The first-order valence-electron chi connectivity index (χ1n) is 7.08. The molecule has 0 amide bonds. The van der Waals surface area contributed by atoms with Crippen molar-refractivity contribution >= 4 is 22.8 Å². The van der Waals surface area contributed by atoms with E-state index in [-0.39, 0.29) is 5.38 Å². The largest absolute Gasteiger partial charge is 0.307 e. The molecule has 0 N–H and O–H groups in total. The first-order chi connectivity index (χ1) is 10.1. The Balaban J connectivity index is 2.19. The molecule has 0 fully saturated rings. The van der Waals surface area contributed by atoms with Gasteiger partial charge in [0.1, 0.15) is 11.3 Å². The minimum atomic E-state index is -0.150. The molecule has 1 atom stereocenters. The third-order valence-corrected chi connectivity index (χ3v) is 4.01. The lowest BCUT2D eigenvalue weighted by Crippen LogP contribution is -2.07. The average Bonchev–Trinajstić information content (AvgIpc) is 2.82. The summed E-state index contributed by atoms with van der Waals surface area (Å²) >= 11 is 6.33. The third kappa shape index (κ3) is 2.54. The van der Waals surface area contributed by atoms with Crippen LogP contribution in [0.15, 0.2) is 36.5 Å². The highest BCUT2D eigenvalue weighted by Gasteiger charge is 2.17. The Morgan fingerprint density at radius 1 is 1.14 bits per heavy atom. The molecule has 3 nitrogen and oxygen atoms in total. The fraction of sp³-hybridized carbons (Fsp3) is 0.294. The van der Waals surface area contributed by atoms with Crippen molar-refractivity contribution in [3.05, 3.63) is 59.0 Å². The number of fused-ring (bicyclic) bond motifs is 1. The van der Waals surface area contributed by atoms with Gasteiger partial charge >= 0.3 is 0 Å². The second-order valence-corrected chi connectivity index (χ2v) is 6.05. The zero-order valence-electron chi connectivity index (χ0n) is 12.5. The van der Waals surface area contributed by atoms with Crippen molar-refractivity contribution in [2.45, 2.75) is 32.7 Å². The first kappa shape index (κ1) is 14.1. The molecule has 0 saturated carbocycles. The number of pyridine rings is 1. The molecule has 0 bridgehead atoms. The highest BCUT2D eigenvalue weighted by Crippen LogP contribution is 2.26. The predicted molar refractivity (Wildman–Crippen MR) is 86.8 cm³/mol. The van der Waals surface area contributed by atoms with Gasteiger partial charge in [-0.1, -0.05) is 24.3 Å². The van der Waals surface area contributed by atoms with Gasteiger partial charge in [0.25, 0.3) is 0 Å². The molecular formula is C17H18ClN3. The number of hydrogen-bond donors (Lipinski definition) is 0. The van der Waals surface area contributed by atoms with Gasteiger partial charge in [-0.25, -0.2) is 9.97 Å². The summed E-state index contributed by atoms with van der Waals surface area (Å²) in [5, 5.41) is -0.150. The van der Waals surface area contributed by atoms with Gasteiger partial charge in [0.05, 0.1) is 11.9 Å². The van der Waals surface area contributed by atoms with Crippen LogP contribution in [0.3, 0.4) is 0 Å². The van der Waals surface area contributed by atoms with Crippen LogP contribution >= 0.6 is 11.6 Å². The number of hydrogen-bond acceptors (Lipinski definition) is 2. The molecule has 0 aliphatic carbocycles. The number of halogens is 1. The van der Waals surface area contributed by atoms with Crippen molar-refractivity contribution in [2.75, 3.05) is 0 Å². The number of aryl methyl sites for hydroxylation is 2. The molecule has 2 heterocycles. The molecule has 2 aromatic heterocycles. The lowest BCUT2D eigenvalue weighted by Gasteiger charge is -2.12. The van der Waals surface area contributed by atoms with Gasteiger partial charge in [0.15, 0.2) is 5.65 Å². The Labute approximate surface area is 129 Å². The maximum Gasteiger partial charge on any atom is 0.160 e. The van der Waals surface area contributed by atoms with Crippen molar-refractivity contribution in [2.24, 2.45) is 0 Å². The SMILES string of the molecule is Cc1ccccc1Cn1c(C(C)Cl)nc2c(C)ccnc21. The first-order valence-corrected chi connectivity index (χ1v) is 7.52. The Morgan fingerprint density at radius 3 is 2.62 bits per heavy atom. The van der Waals surface area contributed by atoms with Gasteiger partial charge in [-0.3, -0.25) is 0 Å². The second-order valence-electron chi connectivity index (χ2n) is 5.40. The van der Waals surface area contributed by atoms with Crippen molar-refractivity contribution in [3.8, 4) is 0 Å². The molecule has 1 unspecified atom stereocenters. The molecule has 3 rings (SSSR count). The maximum atomic E-state index is 6.33. The van der Waals surface area contributed by atoms with Gasteiger partial charge in [0.2, 0.25) is 0 Å². The zero-order chi connectivity index (χ0) is 15.0. The van der Waals surface area contributed by atoms with Crippen LogP contribution < -0.4 is 0 Å². The van der Waals surface area contributed by atoms with Crippen molar-refractivity contribution in [3.63, 3.8) is 0 Å². The third-order valence-electron chi connectivity index (χ3n) is 3.81. The maximum absolute atomic E-state index is 6.33. The Bertz CT molecular complexity index is 790. The van der Waals surface area contributed by atoms with Crippen molar-refractivity contribution < 1.29 is 0 Å². The van der Waals surface area contributed by atoms with Crippen LogP contribution in [0, 0.1) is 13.8 Å². The molecule has 0 spiro atoms. The number of alkyl halides is 1. The number of aromatic nitrogens is 3. The Hall–Kier alpha value is -1.87. The van der Waals surface area contributed by atoms with E-state index in [2.05, 4.69) is 47.7 Å². The van der Waals surface area contributed by atoms with E-state index >= 15 is 0 Å². The summed E-state index contributed by atoms with van der Waals surface area (Å²) < 4.78 is 2.13. The molecular weight excluding hydrogens is 282 g/mol. The molecule has 3 aromatic rings. The van der Waals surface area contributed by atoms with Crippen LogP contribution in [0.5, 0.6) is 0 Å². The fourth-order valence-corrected chi connectivity index (χ4v) is 2.74. The zero-order valence-corrected chi connectivity index (χ0v) is 13.2. The van der Waals surface area contributed by atoms with Crippen LogP contribution in [0.25, 0.3) is 11.2 Å². The van der Waals surface area contributed by atoms with Crippen LogP contribution in [0.1, 0.15) is 34.8 Å². The van der Waals surface area contributed by atoms with Crippen LogP contribution in [-0.2, 0) is 6.54 Å². The van der Waals surface area contributed by atoms with E-state index in [0.717, 1.165) is 29.1 Å². The predicted octanol–water partition coefficient (Wildman–Crippen LogP) is 4.40. The number of nitrogens with zero attached hydrogens (tertiary/aromatic N) is 3. The van der Waals surface area contributed by atoms with Crippen LogP contribution in [0.2, 0.25) is 0 Å². The van der Waals surface area contributed by atoms with E-state index < -0.39 is 0 Å². The summed E-state index contributed by atoms with van der Waals surface area (Å²) in [4.78, 5) is 9.22. The molecule has 108 valence electrons. The van der Waals surface area contributed by atoms with E-state index in [1.165, 1.54) is 11.1 Å².